The maximum absolute atomic E-state index is 11.2. The number of benzene rings is 2. The summed E-state index contributed by atoms with van der Waals surface area (Å²) in [5.41, 5.74) is 8.03. The first-order valence-corrected chi connectivity index (χ1v) is 7.37. The lowest BCUT2D eigenvalue weighted by atomic mass is 10.1. The second kappa shape index (κ2) is 6.87. The first kappa shape index (κ1) is 15.6. The van der Waals surface area contributed by atoms with E-state index in [0.29, 0.717) is 23.8 Å². The minimum atomic E-state index is -0.464. The average Bonchev–Trinajstić information content (AvgIpc) is 2.91. The first-order chi connectivity index (χ1) is 11.7. The highest BCUT2D eigenvalue weighted by Gasteiger charge is 2.16. The molecule has 0 fully saturated rings. The largest absolute Gasteiger partial charge is 0.493 e. The van der Waals surface area contributed by atoms with Crippen molar-refractivity contribution in [2.75, 3.05) is 7.11 Å². The molecule has 2 amide bonds. The molecule has 2 aromatic carbocycles. The number of hydrogen-bond acceptors (Lipinski definition) is 4. The highest BCUT2D eigenvalue weighted by Crippen LogP contribution is 2.29. The van der Waals surface area contributed by atoms with E-state index < -0.39 is 6.03 Å². The average molecular weight is 323 g/mol. The number of carbonyl (C=O) groups is 1. The van der Waals surface area contributed by atoms with Gasteiger partial charge in [-0.3, -0.25) is 0 Å². The molecule has 3 N–H and O–H groups in total. The summed E-state index contributed by atoms with van der Waals surface area (Å²) in [6.45, 7) is 0.452. The van der Waals surface area contributed by atoms with Crippen LogP contribution in [0.15, 0.2) is 59.2 Å². The molecule has 1 aliphatic heterocycles. The van der Waals surface area contributed by atoms with Crippen molar-refractivity contribution in [3.05, 3.63) is 65.4 Å². The Morgan fingerprint density at radius 3 is 2.62 bits per heavy atom. The fourth-order valence-corrected chi connectivity index (χ4v) is 2.28. The molecule has 0 bridgehead atoms. The third-order valence-corrected chi connectivity index (χ3v) is 3.48. The molecule has 0 atom stereocenters. The minimum absolute atomic E-state index is 0.170. The standard InChI is InChI=1S/C18H17N3O3/c1-23-16-10-13(9-14-17(19)21-18(22)20-14)7-8-15(16)24-11-12-5-3-2-4-6-12/h2-10H,11H2,1H3,(H3,19,20,21,22)/b14-9-. The number of ether oxygens (including phenoxy) is 2. The van der Waals surface area contributed by atoms with Gasteiger partial charge in [0.05, 0.1) is 12.8 Å². The van der Waals surface area contributed by atoms with Crippen molar-refractivity contribution in [3.8, 4) is 11.5 Å². The molecular weight excluding hydrogens is 306 g/mol. The highest BCUT2D eigenvalue weighted by molar-refractivity contribution is 6.13. The van der Waals surface area contributed by atoms with Crippen LogP contribution < -0.4 is 20.5 Å². The van der Waals surface area contributed by atoms with E-state index in [2.05, 4.69) is 10.3 Å². The van der Waals surface area contributed by atoms with Gasteiger partial charge in [-0.05, 0) is 29.3 Å². The van der Waals surface area contributed by atoms with Crippen LogP contribution in [0.5, 0.6) is 11.5 Å². The predicted molar refractivity (Wildman–Crippen MR) is 91.9 cm³/mol. The Morgan fingerprint density at radius 1 is 1.17 bits per heavy atom. The van der Waals surface area contributed by atoms with Crippen molar-refractivity contribution < 1.29 is 14.3 Å². The van der Waals surface area contributed by atoms with Gasteiger partial charge in [0.25, 0.3) is 0 Å². The number of nitrogens with two attached hydrogens (primary N) is 1. The third kappa shape index (κ3) is 3.55. The van der Waals surface area contributed by atoms with Crippen molar-refractivity contribution in [3.63, 3.8) is 0 Å². The second-order valence-corrected chi connectivity index (χ2v) is 5.17. The Morgan fingerprint density at radius 2 is 1.96 bits per heavy atom. The van der Waals surface area contributed by atoms with Crippen LogP contribution >= 0.6 is 0 Å². The molecule has 122 valence electrons. The molecular formula is C18H17N3O3. The summed E-state index contributed by atoms with van der Waals surface area (Å²) < 4.78 is 11.2. The molecule has 1 aliphatic rings. The predicted octanol–water partition coefficient (Wildman–Crippen LogP) is 2.70. The summed E-state index contributed by atoms with van der Waals surface area (Å²) in [5, 5.41) is 2.57. The Hall–Kier alpha value is -3.28. The number of rotatable bonds is 5. The van der Waals surface area contributed by atoms with Crippen LogP contribution in [0.2, 0.25) is 0 Å². The van der Waals surface area contributed by atoms with Gasteiger partial charge >= 0.3 is 6.03 Å². The fourth-order valence-electron chi connectivity index (χ4n) is 2.28. The zero-order valence-electron chi connectivity index (χ0n) is 13.2. The Bertz CT molecular complexity index is 814. The molecule has 24 heavy (non-hydrogen) atoms. The maximum atomic E-state index is 11.2. The molecule has 0 saturated heterocycles. The van der Waals surface area contributed by atoms with Crippen LogP contribution in [-0.4, -0.2) is 19.0 Å². The summed E-state index contributed by atoms with van der Waals surface area (Å²) in [7, 11) is 1.58. The van der Waals surface area contributed by atoms with Gasteiger partial charge in [0.1, 0.15) is 6.61 Å². The molecule has 6 nitrogen and oxygen atoms in total. The number of methoxy groups -OCH3 is 1. The van der Waals surface area contributed by atoms with Crippen LogP contribution in [-0.2, 0) is 6.61 Å². The number of amides is 2. The molecule has 6 heteroatoms. The number of hydrogen-bond donors (Lipinski definition) is 2. The van der Waals surface area contributed by atoms with Gasteiger partial charge in [-0.2, -0.15) is 4.99 Å². The molecule has 0 radical (unpaired) electrons. The topological polar surface area (TPSA) is 85.9 Å². The maximum Gasteiger partial charge on any atom is 0.347 e. The van der Waals surface area contributed by atoms with Gasteiger partial charge in [0.15, 0.2) is 17.3 Å². The van der Waals surface area contributed by atoms with Crippen LogP contribution in [0.3, 0.4) is 0 Å². The number of nitrogens with zero attached hydrogens (tertiary/aromatic N) is 1. The van der Waals surface area contributed by atoms with Crippen molar-refractivity contribution >= 4 is 17.9 Å². The van der Waals surface area contributed by atoms with Crippen molar-refractivity contribution in [1.82, 2.24) is 5.32 Å². The molecule has 0 saturated carbocycles. The van der Waals surface area contributed by atoms with E-state index in [1.54, 1.807) is 13.2 Å². The van der Waals surface area contributed by atoms with Crippen LogP contribution in [0.4, 0.5) is 4.79 Å². The number of aliphatic imine (C=N–C) groups is 1. The fraction of sp³-hybridized carbons (Fsp3) is 0.111. The van der Waals surface area contributed by atoms with E-state index in [1.165, 1.54) is 0 Å². The lowest BCUT2D eigenvalue weighted by Gasteiger charge is -2.11. The summed E-state index contributed by atoms with van der Waals surface area (Å²) in [4.78, 5) is 14.8. The molecule has 0 unspecified atom stereocenters. The van der Waals surface area contributed by atoms with E-state index in [-0.39, 0.29) is 5.84 Å². The lowest BCUT2D eigenvalue weighted by Crippen LogP contribution is -2.19. The van der Waals surface area contributed by atoms with E-state index in [1.807, 2.05) is 48.5 Å². The quantitative estimate of drug-likeness (QED) is 0.886. The van der Waals surface area contributed by atoms with Crippen molar-refractivity contribution in [2.45, 2.75) is 6.61 Å². The van der Waals surface area contributed by atoms with Crippen LogP contribution in [0.25, 0.3) is 6.08 Å². The lowest BCUT2D eigenvalue weighted by molar-refractivity contribution is 0.253. The summed E-state index contributed by atoms with van der Waals surface area (Å²) in [5.74, 6) is 1.41. The molecule has 2 aromatic rings. The molecule has 0 aromatic heterocycles. The number of amidine groups is 1. The monoisotopic (exact) mass is 323 g/mol. The minimum Gasteiger partial charge on any atom is -0.493 e. The number of nitrogens with one attached hydrogen (secondary N) is 1. The summed E-state index contributed by atoms with van der Waals surface area (Å²) in [6.07, 6.45) is 1.73. The van der Waals surface area contributed by atoms with Gasteiger partial charge in [-0.15, -0.1) is 0 Å². The van der Waals surface area contributed by atoms with Crippen LogP contribution in [0, 0.1) is 0 Å². The molecule has 0 aliphatic carbocycles. The van der Waals surface area contributed by atoms with E-state index in [4.69, 9.17) is 15.2 Å². The second-order valence-electron chi connectivity index (χ2n) is 5.17. The van der Waals surface area contributed by atoms with E-state index >= 15 is 0 Å². The smallest absolute Gasteiger partial charge is 0.347 e. The van der Waals surface area contributed by atoms with Gasteiger partial charge in [0, 0.05) is 0 Å². The number of urea groups is 1. The zero-order valence-corrected chi connectivity index (χ0v) is 13.2. The van der Waals surface area contributed by atoms with Crippen molar-refractivity contribution in [1.29, 1.82) is 0 Å². The van der Waals surface area contributed by atoms with Gasteiger partial charge in [-0.25, -0.2) is 4.79 Å². The van der Waals surface area contributed by atoms with Gasteiger partial charge in [-0.1, -0.05) is 36.4 Å². The molecule has 0 spiro atoms. The third-order valence-electron chi connectivity index (χ3n) is 3.48. The Labute approximate surface area is 139 Å². The molecule has 1 heterocycles. The first-order valence-electron chi connectivity index (χ1n) is 7.37. The van der Waals surface area contributed by atoms with Gasteiger partial charge in [0.2, 0.25) is 0 Å². The van der Waals surface area contributed by atoms with E-state index in [9.17, 15) is 4.79 Å². The zero-order chi connectivity index (χ0) is 16.9. The summed E-state index contributed by atoms with van der Waals surface area (Å²) in [6, 6.07) is 14.9. The van der Waals surface area contributed by atoms with E-state index in [0.717, 1.165) is 11.1 Å². The Balaban J connectivity index is 1.77. The molecule has 3 rings (SSSR count). The summed E-state index contributed by atoms with van der Waals surface area (Å²) >= 11 is 0. The van der Waals surface area contributed by atoms with Gasteiger partial charge < -0.3 is 20.5 Å². The number of carbonyl (C=O) groups excluding carboxylic acids is 1. The van der Waals surface area contributed by atoms with Crippen molar-refractivity contribution in [2.24, 2.45) is 10.7 Å². The Kier molecular flexibility index (Phi) is 4.47. The van der Waals surface area contributed by atoms with Crippen LogP contribution in [0.1, 0.15) is 11.1 Å². The highest BCUT2D eigenvalue weighted by atomic mass is 16.5. The SMILES string of the molecule is COc1cc(/C=C2\NC(=O)N=C2N)ccc1OCc1ccccc1. The normalized spacial score (nSPS) is 15.1.